The summed E-state index contributed by atoms with van der Waals surface area (Å²) in [6.45, 7) is 5.19. The van der Waals surface area contributed by atoms with E-state index in [2.05, 4.69) is 10.6 Å². The van der Waals surface area contributed by atoms with Gasteiger partial charge in [0.1, 0.15) is 0 Å². The van der Waals surface area contributed by atoms with Crippen molar-refractivity contribution in [3.63, 3.8) is 0 Å². The summed E-state index contributed by atoms with van der Waals surface area (Å²) in [4.78, 5) is 35.3. The van der Waals surface area contributed by atoms with Crippen LogP contribution in [0, 0.1) is 19.3 Å². The number of amides is 2. The monoisotopic (exact) mass is 360 g/mol. The van der Waals surface area contributed by atoms with Crippen molar-refractivity contribution in [1.82, 2.24) is 0 Å². The molecule has 0 unspecified atom stereocenters. The van der Waals surface area contributed by atoms with Crippen LogP contribution in [0.2, 0.25) is 0 Å². The fourth-order valence-corrected chi connectivity index (χ4v) is 3.92. The number of carboxylic acid groups (broad SMARTS) is 1. The molecule has 0 atom stereocenters. The lowest BCUT2D eigenvalue weighted by Gasteiger charge is -2.35. The molecule has 3 N–H and O–H groups in total. The highest BCUT2D eigenvalue weighted by Crippen LogP contribution is 2.42. The molecule has 1 fully saturated rings. The van der Waals surface area contributed by atoms with Crippen molar-refractivity contribution in [1.29, 1.82) is 0 Å². The lowest BCUT2D eigenvalue weighted by atomic mass is 9.69. The minimum Gasteiger partial charge on any atom is -0.481 e. The van der Waals surface area contributed by atoms with Crippen LogP contribution in [0.4, 0.5) is 11.4 Å². The van der Waals surface area contributed by atoms with Crippen LogP contribution in [0.3, 0.4) is 0 Å². The minimum absolute atomic E-state index is 0.0322. The van der Waals surface area contributed by atoms with E-state index in [1.54, 1.807) is 0 Å². The molecule has 142 valence electrons. The van der Waals surface area contributed by atoms with Crippen molar-refractivity contribution in [2.45, 2.75) is 65.7 Å². The first-order valence-electron chi connectivity index (χ1n) is 9.12. The number of benzene rings is 1. The van der Waals surface area contributed by atoms with E-state index >= 15 is 0 Å². The third-order valence-electron chi connectivity index (χ3n) is 5.22. The summed E-state index contributed by atoms with van der Waals surface area (Å²) in [7, 11) is 0. The van der Waals surface area contributed by atoms with Gasteiger partial charge in [0.05, 0.1) is 6.42 Å². The Bertz CT molecular complexity index is 706. The zero-order valence-corrected chi connectivity index (χ0v) is 15.8. The maximum absolute atomic E-state index is 12.6. The summed E-state index contributed by atoms with van der Waals surface area (Å²) < 4.78 is 0. The van der Waals surface area contributed by atoms with Gasteiger partial charge >= 0.3 is 5.97 Å². The molecule has 0 aromatic heterocycles. The summed E-state index contributed by atoms with van der Waals surface area (Å²) in [6.07, 6.45) is 4.83. The predicted molar refractivity (Wildman–Crippen MR) is 101 cm³/mol. The Hall–Kier alpha value is -2.37. The van der Waals surface area contributed by atoms with Gasteiger partial charge in [0.2, 0.25) is 11.8 Å². The van der Waals surface area contributed by atoms with Crippen LogP contribution >= 0.6 is 0 Å². The molecule has 0 heterocycles. The van der Waals surface area contributed by atoms with E-state index in [0.717, 1.165) is 43.2 Å². The highest BCUT2D eigenvalue weighted by Gasteiger charge is 2.36. The van der Waals surface area contributed by atoms with Crippen molar-refractivity contribution >= 4 is 29.2 Å². The van der Waals surface area contributed by atoms with Crippen molar-refractivity contribution in [3.05, 3.63) is 23.3 Å². The van der Waals surface area contributed by atoms with E-state index in [9.17, 15) is 19.5 Å². The van der Waals surface area contributed by atoms with Crippen LogP contribution in [0.15, 0.2) is 12.1 Å². The second-order valence-electron chi connectivity index (χ2n) is 7.47. The fourth-order valence-electron chi connectivity index (χ4n) is 3.92. The zero-order valence-electron chi connectivity index (χ0n) is 15.8. The van der Waals surface area contributed by atoms with Crippen molar-refractivity contribution in [3.8, 4) is 0 Å². The summed E-state index contributed by atoms with van der Waals surface area (Å²) >= 11 is 0. The molecule has 1 aliphatic carbocycles. The predicted octanol–water partition coefficient (Wildman–Crippen LogP) is 4.02. The molecule has 1 aliphatic rings. The number of carbonyl (C=O) groups is 3. The first kappa shape index (κ1) is 19.9. The molecule has 0 radical (unpaired) electrons. The second kappa shape index (κ2) is 8.34. The molecular formula is C20H28N2O4. The van der Waals surface area contributed by atoms with Crippen LogP contribution in [-0.2, 0) is 14.4 Å². The quantitative estimate of drug-likeness (QED) is 0.714. The van der Waals surface area contributed by atoms with Gasteiger partial charge in [-0.3, -0.25) is 14.4 Å². The Morgan fingerprint density at radius 3 is 2.27 bits per heavy atom. The number of carboxylic acids is 1. The summed E-state index contributed by atoms with van der Waals surface area (Å²) in [5.74, 6) is -1.18. The highest BCUT2D eigenvalue weighted by molar-refractivity contribution is 5.96. The zero-order chi connectivity index (χ0) is 19.3. The third-order valence-corrected chi connectivity index (χ3v) is 5.22. The molecular weight excluding hydrogens is 332 g/mol. The molecule has 0 aliphatic heterocycles. The van der Waals surface area contributed by atoms with Gasteiger partial charge in [-0.15, -0.1) is 0 Å². The maximum Gasteiger partial charge on any atom is 0.303 e. The normalized spacial score (nSPS) is 16.0. The number of hydrogen-bond donors (Lipinski definition) is 3. The van der Waals surface area contributed by atoms with Crippen molar-refractivity contribution < 1.29 is 19.5 Å². The van der Waals surface area contributed by atoms with Crippen LogP contribution in [-0.4, -0.2) is 22.9 Å². The van der Waals surface area contributed by atoms with Gasteiger partial charge in [-0.05, 0) is 49.3 Å². The molecule has 1 aromatic carbocycles. The number of anilines is 2. The average Bonchev–Trinajstić information content (AvgIpc) is 2.54. The van der Waals surface area contributed by atoms with Gasteiger partial charge in [-0.1, -0.05) is 25.3 Å². The van der Waals surface area contributed by atoms with E-state index < -0.39 is 11.4 Å². The summed E-state index contributed by atoms with van der Waals surface area (Å²) in [5.41, 5.74) is 2.61. The maximum atomic E-state index is 12.6. The Morgan fingerprint density at radius 1 is 1.04 bits per heavy atom. The SMILES string of the molecule is CC(=O)Nc1c(C)ccc(NC(=O)CC2(CC(=O)O)CCCCC2)c1C. The topological polar surface area (TPSA) is 95.5 Å². The molecule has 2 amide bonds. The van der Waals surface area contributed by atoms with Gasteiger partial charge in [-0.25, -0.2) is 0 Å². The first-order valence-corrected chi connectivity index (χ1v) is 9.12. The molecule has 6 heteroatoms. The molecule has 0 bridgehead atoms. The Labute approximate surface area is 154 Å². The largest absolute Gasteiger partial charge is 0.481 e. The number of carbonyl (C=O) groups excluding carboxylic acids is 2. The molecule has 1 aromatic rings. The smallest absolute Gasteiger partial charge is 0.303 e. The number of aryl methyl sites for hydroxylation is 1. The average molecular weight is 360 g/mol. The number of aliphatic carboxylic acids is 1. The van der Waals surface area contributed by atoms with Crippen LogP contribution in [0.5, 0.6) is 0 Å². The van der Waals surface area contributed by atoms with Gasteiger partial charge in [0, 0.05) is 24.7 Å². The van der Waals surface area contributed by atoms with E-state index in [-0.39, 0.29) is 24.7 Å². The van der Waals surface area contributed by atoms with Crippen LogP contribution < -0.4 is 10.6 Å². The lowest BCUT2D eigenvalue weighted by molar-refractivity contribution is -0.141. The standard InChI is InChI=1S/C20H28N2O4/c1-13-7-8-16(14(2)19(13)21-15(3)23)22-17(24)11-20(12-18(25)26)9-5-4-6-10-20/h7-8H,4-6,9-12H2,1-3H3,(H,21,23)(H,22,24)(H,25,26). The number of rotatable bonds is 6. The Morgan fingerprint density at radius 2 is 1.69 bits per heavy atom. The summed E-state index contributed by atoms with van der Waals surface area (Å²) in [6, 6.07) is 3.67. The first-order chi connectivity index (χ1) is 12.2. The second-order valence-corrected chi connectivity index (χ2v) is 7.47. The van der Waals surface area contributed by atoms with E-state index in [4.69, 9.17) is 0 Å². The summed E-state index contributed by atoms with van der Waals surface area (Å²) in [5, 5.41) is 15.0. The van der Waals surface area contributed by atoms with Crippen molar-refractivity contribution in [2.75, 3.05) is 10.6 Å². The minimum atomic E-state index is -0.848. The van der Waals surface area contributed by atoms with E-state index in [1.807, 2.05) is 26.0 Å². The lowest BCUT2D eigenvalue weighted by Crippen LogP contribution is -2.32. The van der Waals surface area contributed by atoms with E-state index in [1.165, 1.54) is 6.92 Å². The molecule has 0 saturated heterocycles. The van der Waals surface area contributed by atoms with E-state index in [0.29, 0.717) is 11.4 Å². The Balaban J connectivity index is 2.16. The Kier molecular flexibility index (Phi) is 6.40. The number of nitrogens with one attached hydrogen (secondary N) is 2. The molecule has 0 spiro atoms. The van der Waals surface area contributed by atoms with Crippen LogP contribution in [0.25, 0.3) is 0 Å². The van der Waals surface area contributed by atoms with Gasteiger partial charge < -0.3 is 15.7 Å². The molecule has 2 rings (SSSR count). The molecule has 6 nitrogen and oxygen atoms in total. The van der Waals surface area contributed by atoms with Crippen molar-refractivity contribution in [2.24, 2.45) is 5.41 Å². The molecule has 26 heavy (non-hydrogen) atoms. The molecule has 1 saturated carbocycles. The number of hydrogen-bond acceptors (Lipinski definition) is 3. The highest BCUT2D eigenvalue weighted by atomic mass is 16.4. The van der Waals surface area contributed by atoms with Gasteiger partial charge in [-0.2, -0.15) is 0 Å². The van der Waals surface area contributed by atoms with Gasteiger partial charge in [0.15, 0.2) is 0 Å². The van der Waals surface area contributed by atoms with Crippen LogP contribution in [0.1, 0.15) is 63.0 Å². The van der Waals surface area contributed by atoms with Gasteiger partial charge in [0.25, 0.3) is 0 Å². The fraction of sp³-hybridized carbons (Fsp3) is 0.550. The third kappa shape index (κ3) is 5.07.